The summed E-state index contributed by atoms with van der Waals surface area (Å²) in [4.78, 5) is 20.3. The fraction of sp³-hybridized carbons (Fsp3) is 0.300. The molecule has 1 atom stereocenters. The quantitative estimate of drug-likeness (QED) is 0.682. The van der Waals surface area contributed by atoms with Crippen LogP contribution in [0.4, 0.5) is 0 Å². The van der Waals surface area contributed by atoms with E-state index in [0.717, 1.165) is 24.3 Å². The molecule has 3 rings (SSSR count). The third-order valence-corrected chi connectivity index (χ3v) is 4.11. The van der Waals surface area contributed by atoms with Gasteiger partial charge in [0, 0.05) is 18.0 Å². The molecule has 0 amide bonds. The van der Waals surface area contributed by atoms with Gasteiger partial charge in [-0.05, 0) is 43.9 Å². The molecule has 0 fully saturated rings. The summed E-state index contributed by atoms with van der Waals surface area (Å²) in [6.07, 6.45) is 0.740. The molecule has 0 saturated heterocycles. The Hall–Kier alpha value is -2.97. The molecule has 0 radical (unpaired) electrons. The zero-order valence-electron chi connectivity index (χ0n) is 16.0. The molecule has 0 aliphatic carbocycles. The summed E-state index contributed by atoms with van der Waals surface area (Å²) in [6, 6.07) is 13.5. The highest BCUT2D eigenvalue weighted by molar-refractivity contribution is 6.30. The Labute approximate surface area is 173 Å². The number of benzene rings is 2. The van der Waals surface area contributed by atoms with Crippen molar-refractivity contribution in [2.75, 3.05) is 27.4 Å². The van der Waals surface area contributed by atoms with Gasteiger partial charge in [0.25, 0.3) is 0 Å². The van der Waals surface area contributed by atoms with Gasteiger partial charge < -0.3 is 29.3 Å². The molecular formula is C20H22ClNO7. The van der Waals surface area contributed by atoms with Crippen molar-refractivity contribution in [3.63, 3.8) is 0 Å². The summed E-state index contributed by atoms with van der Waals surface area (Å²) >= 11 is 6.14. The van der Waals surface area contributed by atoms with E-state index in [1.54, 1.807) is 0 Å². The number of para-hydroxylation sites is 1. The molecule has 2 aromatic rings. The third kappa shape index (κ3) is 6.85. The molecule has 0 spiro atoms. The standard InChI is InChI=1S/C18H20ClNO3.C2H2O4/c1-20(2)10-9-15(13-5-3-6-14(19)11-13)23-17-8-4-7-16-18(17)22-12-21-16;3-1(4)2(5)6/h3-8,11,15H,9-10,12H2,1-2H3;(H,3,4)(H,5,6). The number of carboxylic acids is 2. The maximum atomic E-state index is 9.10. The maximum absolute atomic E-state index is 9.10. The summed E-state index contributed by atoms with van der Waals surface area (Å²) < 4.78 is 17.2. The zero-order chi connectivity index (χ0) is 21.4. The highest BCUT2D eigenvalue weighted by atomic mass is 35.5. The maximum Gasteiger partial charge on any atom is 0.414 e. The average Bonchev–Trinajstić information content (AvgIpc) is 3.15. The normalized spacial score (nSPS) is 12.7. The van der Waals surface area contributed by atoms with Gasteiger partial charge in [0.1, 0.15) is 6.10 Å². The topological polar surface area (TPSA) is 106 Å². The van der Waals surface area contributed by atoms with Crippen molar-refractivity contribution < 1.29 is 34.0 Å². The Morgan fingerprint density at radius 2 is 1.83 bits per heavy atom. The number of carbonyl (C=O) groups is 2. The largest absolute Gasteiger partial charge is 0.482 e. The van der Waals surface area contributed by atoms with Gasteiger partial charge in [-0.3, -0.25) is 0 Å². The first-order valence-corrected chi connectivity index (χ1v) is 9.07. The molecule has 156 valence electrons. The predicted octanol–water partition coefficient (Wildman–Crippen LogP) is 3.30. The summed E-state index contributed by atoms with van der Waals surface area (Å²) in [5, 5.41) is 15.5. The van der Waals surface area contributed by atoms with E-state index >= 15 is 0 Å². The fourth-order valence-corrected chi connectivity index (χ4v) is 2.72. The molecule has 2 N–H and O–H groups in total. The Morgan fingerprint density at radius 1 is 1.14 bits per heavy atom. The van der Waals surface area contributed by atoms with Crippen LogP contribution in [0.25, 0.3) is 0 Å². The highest BCUT2D eigenvalue weighted by Gasteiger charge is 2.22. The molecular weight excluding hydrogens is 402 g/mol. The molecule has 8 nitrogen and oxygen atoms in total. The number of hydrogen-bond acceptors (Lipinski definition) is 6. The highest BCUT2D eigenvalue weighted by Crippen LogP contribution is 2.42. The minimum atomic E-state index is -1.82. The van der Waals surface area contributed by atoms with E-state index < -0.39 is 11.9 Å². The second kappa shape index (κ2) is 10.5. The number of carboxylic acid groups (broad SMARTS) is 2. The average molecular weight is 424 g/mol. The van der Waals surface area contributed by atoms with Crippen molar-refractivity contribution in [2.24, 2.45) is 0 Å². The first kappa shape index (κ1) is 22.3. The van der Waals surface area contributed by atoms with Crippen LogP contribution in [0.2, 0.25) is 5.02 Å². The number of ether oxygens (including phenoxy) is 3. The zero-order valence-corrected chi connectivity index (χ0v) is 16.8. The van der Waals surface area contributed by atoms with Crippen LogP contribution in [0.5, 0.6) is 17.2 Å². The molecule has 1 aliphatic heterocycles. The molecule has 0 saturated carbocycles. The summed E-state index contributed by atoms with van der Waals surface area (Å²) in [5.74, 6) is -1.56. The van der Waals surface area contributed by atoms with Gasteiger partial charge in [-0.1, -0.05) is 29.8 Å². The first-order valence-electron chi connectivity index (χ1n) is 8.69. The van der Waals surface area contributed by atoms with E-state index in [-0.39, 0.29) is 12.9 Å². The number of nitrogens with zero attached hydrogens (tertiary/aromatic N) is 1. The Morgan fingerprint density at radius 3 is 2.45 bits per heavy atom. The predicted molar refractivity (Wildman–Crippen MR) is 106 cm³/mol. The smallest absolute Gasteiger partial charge is 0.414 e. The lowest BCUT2D eigenvalue weighted by atomic mass is 10.1. The lowest BCUT2D eigenvalue weighted by molar-refractivity contribution is -0.159. The van der Waals surface area contributed by atoms with Gasteiger partial charge in [-0.15, -0.1) is 0 Å². The Bertz CT molecular complexity index is 844. The Balaban J connectivity index is 0.000000438. The Kier molecular flexibility index (Phi) is 8.11. The molecule has 1 unspecified atom stereocenters. The van der Waals surface area contributed by atoms with Crippen LogP contribution in [0.15, 0.2) is 42.5 Å². The second-order valence-electron chi connectivity index (χ2n) is 6.35. The van der Waals surface area contributed by atoms with E-state index in [0.29, 0.717) is 16.5 Å². The van der Waals surface area contributed by atoms with Crippen molar-refractivity contribution in [1.29, 1.82) is 0 Å². The first-order chi connectivity index (χ1) is 13.8. The van der Waals surface area contributed by atoms with Gasteiger partial charge in [-0.25, -0.2) is 9.59 Å². The van der Waals surface area contributed by atoms with Crippen LogP contribution >= 0.6 is 11.6 Å². The van der Waals surface area contributed by atoms with Gasteiger partial charge in [0.15, 0.2) is 11.5 Å². The summed E-state index contributed by atoms with van der Waals surface area (Å²) in [6.45, 7) is 1.14. The van der Waals surface area contributed by atoms with Crippen LogP contribution in [0.1, 0.15) is 18.1 Å². The number of aliphatic carboxylic acids is 2. The minimum Gasteiger partial charge on any atom is -0.482 e. The van der Waals surface area contributed by atoms with Crippen LogP contribution < -0.4 is 14.2 Å². The lowest BCUT2D eigenvalue weighted by Crippen LogP contribution is -2.19. The molecule has 1 aliphatic rings. The molecule has 1 heterocycles. The monoisotopic (exact) mass is 423 g/mol. The molecule has 9 heteroatoms. The van der Waals surface area contributed by atoms with Gasteiger partial charge in [0.05, 0.1) is 0 Å². The van der Waals surface area contributed by atoms with E-state index in [9.17, 15) is 0 Å². The van der Waals surface area contributed by atoms with Crippen molar-refractivity contribution in [1.82, 2.24) is 4.90 Å². The molecule has 2 aromatic carbocycles. The van der Waals surface area contributed by atoms with Crippen LogP contribution in [-0.2, 0) is 9.59 Å². The van der Waals surface area contributed by atoms with Crippen molar-refractivity contribution >= 4 is 23.5 Å². The van der Waals surface area contributed by atoms with Crippen LogP contribution in [-0.4, -0.2) is 54.5 Å². The van der Waals surface area contributed by atoms with E-state index in [2.05, 4.69) is 4.90 Å². The summed E-state index contributed by atoms with van der Waals surface area (Å²) in [7, 11) is 4.10. The van der Waals surface area contributed by atoms with E-state index in [4.69, 9.17) is 45.6 Å². The number of fused-ring (bicyclic) bond motifs is 1. The van der Waals surface area contributed by atoms with Crippen LogP contribution in [0.3, 0.4) is 0 Å². The van der Waals surface area contributed by atoms with Crippen molar-refractivity contribution in [3.8, 4) is 17.2 Å². The van der Waals surface area contributed by atoms with Crippen molar-refractivity contribution in [3.05, 3.63) is 53.1 Å². The fourth-order valence-electron chi connectivity index (χ4n) is 2.53. The van der Waals surface area contributed by atoms with E-state index in [1.807, 2.05) is 56.6 Å². The summed E-state index contributed by atoms with van der Waals surface area (Å²) in [5.41, 5.74) is 1.05. The third-order valence-electron chi connectivity index (χ3n) is 3.87. The number of hydrogen-bond donors (Lipinski definition) is 2. The van der Waals surface area contributed by atoms with E-state index in [1.165, 1.54) is 0 Å². The minimum absolute atomic E-state index is 0.105. The number of halogens is 1. The lowest BCUT2D eigenvalue weighted by Gasteiger charge is -2.22. The van der Waals surface area contributed by atoms with Gasteiger partial charge in [-0.2, -0.15) is 0 Å². The second-order valence-corrected chi connectivity index (χ2v) is 6.79. The van der Waals surface area contributed by atoms with Gasteiger partial charge >= 0.3 is 11.9 Å². The molecule has 0 bridgehead atoms. The SMILES string of the molecule is CN(C)CCC(Oc1cccc2c1OCO2)c1cccc(Cl)c1.O=C(O)C(=O)O. The number of rotatable bonds is 6. The molecule has 29 heavy (non-hydrogen) atoms. The van der Waals surface area contributed by atoms with Crippen molar-refractivity contribution in [2.45, 2.75) is 12.5 Å². The van der Waals surface area contributed by atoms with Gasteiger partial charge in [0.2, 0.25) is 12.5 Å². The molecule has 0 aromatic heterocycles. The van der Waals surface area contributed by atoms with Crippen LogP contribution in [0, 0.1) is 0 Å².